The number of aliphatic carboxylic acids is 1. The van der Waals surface area contributed by atoms with Crippen LogP contribution >= 0.6 is 0 Å². The lowest BCUT2D eigenvalue weighted by Gasteiger charge is -2.29. The Morgan fingerprint density at radius 3 is 2.25 bits per heavy atom. The fourth-order valence-electron chi connectivity index (χ4n) is 1.88. The third kappa shape index (κ3) is 4.45. The first-order chi connectivity index (χ1) is 7.38. The Bertz CT molecular complexity index is 341. The number of benzene rings is 1. The van der Waals surface area contributed by atoms with E-state index in [4.69, 9.17) is 0 Å². The van der Waals surface area contributed by atoms with Gasteiger partial charge in [-0.05, 0) is 12.0 Å². The van der Waals surface area contributed by atoms with Crippen LogP contribution in [-0.2, 0) is 4.79 Å². The molecule has 1 atom stereocenters. The Morgan fingerprint density at radius 2 is 1.81 bits per heavy atom. The number of likely N-dealkylation sites (N-methyl/N-ethyl adjacent to an activating group) is 1. The van der Waals surface area contributed by atoms with Crippen molar-refractivity contribution in [2.24, 2.45) is 0 Å². The van der Waals surface area contributed by atoms with E-state index >= 15 is 0 Å². The van der Waals surface area contributed by atoms with Gasteiger partial charge in [0.2, 0.25) is 0 Å². The van der Waals surface area contributed by atoms with E-state index in [1.807, 2.05) is 30.3 Å². The van der Waals surface area contributed by atoms with Crippen LogP contribution in [0.5, 0.6) is 0 Å². The predicted octanol–water partition coefficient (Wildman–Crippen LogP) is 0.616. The van der Waals surface area contributed by atoms with Crippen LogP contribution in [0.2, 0.25) is 0 Å². The summed E-state index contributed by atoms with van der Waals surface area (Å²) in [5, 5.41) is 10.8. The van der Waals surface area contributed by atoms with Gasteiger partial charge < -0.3 is 14.4 Å². The first-order valence-electron chi connectivity index (χ1n) is 5.44. The number of carbonyl (C=O) groups is 1. The summed E-state index contributed by atoms with van der Waals surface area (Å²) in [6.07, 6.45) is 0.0829. The molecule has 88 valence electrons. The van der Waals surface area contributed by atoms with Crippen molar-refractivity contribution in [2.75, 3.05) is 27.7 Å². The molecule has 0 radical (unpaired) electrons. The van der Waals surface area contributed by atoms with Crippen molar-refractivity contribution in [3.8, 4) is 0 Å². The molecular formula is C13H19NO2. The zero-order valence-corrected chi connectivity index (χ0v) is 10.1. The summed E-state index contributed by atoms with van der Waals surface area (Å²) in [5.74, 6) is -0.964. The summed E-state index contributed by atoms with van der Waals surface area (Å²) in [6.45, 7) is 0.790. The predicted molar refractivity (Wildman–Crippen MR) is 61.7 cm³/mol. The highest BCUT2D eigenvalue weighted by molar-refractivity contribution is 5.65. The number of nitrogens with zero attached hydrogens (tertiary/aromatic N) is 1. The van der Waals surface area contributed by atoms with Crippen LogP contribution in [0.1, 0.15) is 17.9 Å². The molecule has 1 aromatic rings. The van der Waals surface area contributed by atoms with E-state index in [2.05, 4.69) is 21.1 Å². The van der Waals surface area contributed by atoms with Crippen molar-refractivity contribution in [3.05, 3.63) is 35.9 Å². The van der Waals surface area contributed by atoms with Crippen LogP contribution in [0.15, 0.2) is 30.3 Å². The Kier molecular flexibility index (Phi) is 4.07. The SMILES string of the molecule is C[N+](C)(C)CC(CC(=O)[O-])c1ccccc1. The summed E-state index contributed by atoms with van der Waals surface area (Å²) in [4.78, 5) is 10.8. The molecule has 3 heteroatoms. The molecule has 0 N–H and O–H groups in total. The van der Waals surface area contributed by atoms with Gasteiger partial charge in [0, 0.05) is 11.9 Å². The lowest BCUT2D eigenvalue weighted by atomic mass is 9.95. The molecule has 0 bridgehead atoms. The van der Waals surface area contributed by atoms with Gasteiger partial charge in [0.05, 0.1) is 27.7 Å². The third-order valence-corrected chi connectivity index (χ3v) is 2.45. The van der Waals surface area contributed by atoms with Gasteiger partial charge in [-0.3, -0.25) is 0 Å². The lowest BCUT2D eigenvalue weighted by molar-refractivity contribution is -0.871. The quantitative estimate of drug-likeness (QED) is 0.684. The summed E-state index contributed by atoms with van der Waals surface area (Å²) >= 11 is 0. The molecule has 0 saturated carbocycles. The summed E-state index contributed by atoms with van der Waals surface area (Å²) in [7, 11) is 6.18. The molecule has 0 aliphatic rings. The van der Waals surface area contributed by atoms with Crippen LogP contribution in [-0.4, -0.2) is 38.1 Å². The number of carboxylic acids is 1. The molecule has 0 spiro atoms. The summed E-state index contributed by atoms with van der Waals surface area (Å²) < 4.78 is 0.743. The van der Waals surface area contributed by atoms with Crippen molar-refractivity contribution in [2.45, 2.75) is 12.3 Å². The number of hydrogen-bond donors (Lipinski definition) is 0. The standard InChI is InChI=1S/C13H19NO2/c1-14(2,3)10-12(9-13(15)16)11-7-5-4-6-8-11/h4-8,12H,9-10H2,1-3H3. The molecule has 1 aromatic carbocycles. The first kappa shape index (κ1) is 12.7. The van der Waals surface area contributed by atoms with Gasteiger partial charge >= 0.3 is 0 Å². The average Bonchev–Trinajstić information content (AvgIpc) is 2.15. The smallest absolute Gasteiger partial charge is 0.0853 e. The van der Waals surface area contributed by atoms with Gasteiger partial charge in [-0.15, -0.1) is 0 Å². The second-order valence-corrected chi connectivity index (χ2v) is 5.16. The van der Waals surface area contributed by atoms with E-state index in [0.717, 1.165) is 16.6 Å². The molecule has 0 saturated heterocycles. The second-order valence-electron chi connectivity index (χ2n) is 5.16. The molecule has 1 rings (SSSR count). The van der Waals surface area contributed by atoms with E-state index in [9.17, 15) is 9.90 Å². The van der Waals surface area contributed by atoms with Crippen molar-refractivity contribution in [1.29, 1.82) is 0 Å². The Labute approximate surface area is 96.9 Å². The highest BCUT2D eigenvalue weighted by Gasteiger charge is 2.19. The molecular weight excluding hydrogens is 202 g/mol. The fourth-order valence-corrected chi connectivity index (χ4v) is 1.88. The van der Waals surface area contributed by atoms with Crippen LogP contribution in [0, 0.1) is 0 Å². The number of carbonyl (C=O) groups excluding carboxylic acids is 1. The maximum atomic E-state index is 10.8. The van der Waals surface area contributed by atoms with E-state index in [0.29, 0.717) is 0 Å². The van der Waals surface area contributed by atoms with Crippen molar-refractivity contribution in [3.63, 3.8) is 0 Å². The van der Waals surface area contributed by atoms with E-state index in [1.165, 1.54) is 0 Å². The van der Waals surface area contributed by atoms with Crippen LogP contribution < -0.4 is 5.11 Å². The highest BCUT2D eigenvalue weighted by atomic mass is 16.4. The van der Waals surface area contributed by atoms with Gasteiger partial charge in [-0.1, -0.05) is 30.3 Å². The number of hydrogen-bond acceptors (Lipinski definition) is 2. The van der Waals surface area contributed by atoms with Crippen LogP contribution in [0.25, 0.3) is 0 Å². The molecule has 16 heavy (non-hydrogen) atoms. The van der Waals surface area contributed by atoms with E-state index < -0.39 is 5.97 Å². The fraction of sp³-hybridized carbons (Fsp3) is 0.462. The first-order valence-corrected chi connectivity index (χ1v) is 5.44. The minimum Gasteiger partial charge on any atom is -0.550 e. The van der Waals surface area contributed by atoms with Crippen molar-refractivity contribution in [1.82, 2.24) is 0 Å². The average molecular weight is 221 g/mol. The zero-order chi connectivity index (χ0) is 12.2. The largest absolute Gasteiger partial charge is 0.550 e. The third-order valence-electron chi connectivity index (χ3n) is 2.45. The summed E-state index contributed by atoms with van der Waals surface area (Å²) in [5.41, 5.74) is 1.07. The number of quaternary nitrogens is 1. The number of rotatable bonds is 5. The molecule has 0 aliphatic carbocycles. The maximum absolute atomic E-state index is 10.8. The molecule has 0 fully saturated rings. The molecule has 0 aromatic heterocycles. The molecule has 0 heterocycles. The normalized spacial score (nSPS) is 13.4. The Hall–Kier alpha value is -1.35. The molecule has 1 unspecified atom stereocenters. The van der Waals surface area contributed by atoms with Crippen LogP contribution in [0.4, 0.5) is 0 Å². The van der Waals surface area contributed by atoms with Crippen molar-refractivity contribution < 1.29 is 14.4 Å². The van der Waals surface area contributed by atoms with E-state index in [1.54, 1.807) is 0 Å². The molecule has 3 nitrogen and oxygen atoms in total. The Morgan fingerprint density at radius 1 is 1.25 bits per heavy atom. The summed E-state index contributed by atoms with van der Waals surface area (Å²) in [6, 6.07) is 9.76. The maximum Gasteiger partial charge on any atom is 0.0853 e. The van der Waals surface area contributed by atoms with Gasteiger partial charge in [0.1, 0.15) is 0 Å². The monoisotopic (exact) mass is 221 g/mol. The zero-order valence-electron chi connectivity index (χ0n) is 10.1. The Balaban J connectivity index is 2.84. The highest BCUT2D eigenvalue weighted by Crippen LogP contribution is 2.21. The molecule has 0 aliphatic heterocycles. The van der Waals surface area contributed by atoms with Gasteiger partial charge in [-0.2, -0.15) is 0 Å². The van der Waals surface area contributed by atoms with Crippen LogP contribution in [0.3, 0.4) is 0 Å². The number of carboxylic acid groups (broad SMARTS) is 1. The minimum atomic E-state index is -0.984. The van der Waals surface area contributed by atoms with Gasteiger partial charge in [-0.25, -0.2) is 0 Å². The topological polar surface area (TPSA) is 40.1 Å². The minimum absolute atomic E-state index is 0.0196. The van der Waals surface area contributed by atoms with E-state index in [-0.39, 0.29) is 12.3 Å². The lowest BCUT2D eigenvalue weighted by Crippen LogP contribution is -2.40. The second kappa shape index (κ2) is 5.12. The van der Waals surface area contributed by atoms with Gasteiger partial charge in [0.25, 0.3) is 0 Å². The van der Waals surface area contributed by atoms with Gasteiger partial charge in [0.15, 0.2) is 0 Å². The molecule has 0 amide bonds. The van der Waals surface area contributed by atoms with Crippen molar-refractivity contribution >= 4 is 5.97 Å².